The summed E-state index contributed by atoms with van der Waals surface area (Å²) in [5, 5.41) is 1.43. The fourth-order valence-corrected chi connectivity index (χ4v) is 8.34. The molecular weight excluding hydrogens is 532 g/mol. The van der Waals surface area contributed by atoms with Crippen LogP contribution in [0.5, 0.6) is 0 Å². The van der Waals surface area contributed by atoms with Crippen LogP contribution < -0.4 is 4.90 Å². The summed E-state index contributed by atoms with van der Waals surface area (Å²) in [6, 6.07) is 8.93. The van der Waals surface area contributed by atoms with Crippen LogP contribution in [0.2, 0.25) is 0 Å². The van der Waals surface area contributed by atoms with Crippen LogP contribution in [0.15, 0.2) is 41.3 Å². The normalized spacial score (nSPS) is 25.5. The minimum Gasteiger partial charge on any atom is -0.443 e. The molecule has 0 spiro atoms. The van der Waals surface area contributed by atoms with Gasteiger partial charge in [0, 0.05) is 43.6 Å². The van der Waals surface area contributed by atoms with Gasteiger partial charge in [0.1, 0.15) is 11.6 Å². The molecule has 3 aliphatic heterocycles. The highest BCUT2D eigenvalue weighted by atomic mass is 32.2. The van der Waals surface area contributed by atoms with Gasteiger partial charge in [0.15, 0.2) is 0 Å². The van der Waals surface area contributed by atoms with Gasteiger partial charge in [-0.3, -0.25) is 9.59 Å². The molecule has 0 N–H and O–H groups in total. The van der Waals surface area contributed by atoms with E-state index in [1.807, 2.05) is 37.2 Å². The molecule has 0 unspecified atom stereocenters. The Morgan fingerprint density at radius 3 is 2.35 bits per heavy atom. The number of sulfonamides is 1. The highest BCUT2D eigenvalue weighted by Crippen LogP contribution is 2.40. The monoisotopic (exact) mass is 570 g/mol. The average Bonchev–Trinajstić information content (AvgIpc) is 3.59. The molecule has 216 valence electrons. The topological polar surface area (TPSA) is 108 Å². The van der Waals surface area contributed by atoms with E-state index in [-0.39, 0.29) is 23.3 Å². The van der Waals surface area contributed by atoms with E-state index in [0.717, 1.165) is 16.0 Å². The number of rotatable bonds is 4. The lowest BCUT2D eigenvalue weighted by Gasteiger charge is -2.32. The molecule has 3 heterocycles. The molecule has 4 atom stereocenters. The summed E-state index contributed by atoms with van der Waals surface area (Å²) in [5.41, 5.74) is 0.140. The lowest BCUT2D eigenvalue weighted by Crippen LogP contribution is -2.51. The maximum absolute atomic E-state index is 14.1. The molecule has 3 amide bonds. The Labute approximate surface area is 235 Å². The summed E-state index contributed by atoms with van der Waals surface area (Å²) in [6.07, 6.45) is 0.688. The zero-order valence-electron chi connectivity index (χ0n) is 24.0. The third-order valence-corrected chi connectivity index (χ3v) is 10.1. The predicted octanol–water partition coefficient (Wildman–Crippen LogP) is 3.44. The SMILES string of the molecule is C[C@@H]1C(=O)N(C(=O)OC(C)(C)C)[C@H]2CCN(C(=O)[C@@H]3CCCN3S(=O)(=O)c3cccc4c(N(C)C)cccc34)[C@H]12. The fourth-order valence-electron chi connectivity index (χ4n) is 6.48. The van der Waals surface area contributed by atoms with E-state index >= 15 is 0 Å². The quantitative estimate of drug-likeness (QED) is 0.554. The van der Waals surface area contributed by atoms with Gasteiger partial charge in [-0.25, -0.2) is 18.1 Å². The van der Waals surface area contributed by atoms with Crippen LogP contribution >= 0.6 is 0 Å². The van der Waals surface area contributed by atoms with Crippen LogP contribution in [-0.2, 0) is 24.3 Å². The standard InChI is InChI=1S/C29H38N4O6S/c1-18-25-22(33(26(18)34)28(36)39-29(2,3)4)15-17-31(25)27(35)23-13-9-16-32(23)40(37,38)24-14-8-10-19-20(24)11-7-12-21(19)30(5)6/h7-8,10-12,14,18,22-23,25H,9,13,15-17H2,1-6H3/t18-,22-,23-,25+/m0/s1. The Kier molecular flexibility index (Phi) is 7.11. The first-order chi connectivity index (χ1) is 18.7. The second-order valence-electron chi connectivity index (χ2n) is 12.2. The summed E-state index contributed by atoms with van der Waals surface area (Å²) < 4.78 is 35.0. The second kappa shape index (κ2) is 10.0. The molecule has 2 aromatic carbocycles. The summed E-state index contributed by atoms with van der Waals surface area (Å²) in [6.45, 7) is 7.52. The number of benzene rings is 2. The van der Waals surface area contributed by atoms with Crippen molar-refractivity contribution in [2.45, 2.75) is 75.6 Å². The molecule has 0 radical (unpaired) electrons. The van der Waals surface area contributed by atoms with Crippen LogP contribution in [0.1, 0.15) is 47.0 Å². The van der Waals surface area contributed by atoms with Crippen molar-refractivity contribution >= 4 is 44.4 Å². The Hall–Kier alpha value is -3.18. The minimum atomic E-state index is -4.01. The fraction of sp³-hybridized carbons (Fsp3) is 0.552. The van der Waals surface area contributed by atoms with Gasteiger partial charge in [-0.05, 0) is 52.2 Å². The molecule has 2 aromatic rings. The molecule has 3 saturated heterocycles. The first kappa shape index (κ1) is 28.4. The van der Waals surface area contributed by atoms with Gasteiger partial charge in [0.25, 0.3) is 0 Å². The Bertz CT molecular complexity index is 1470. The lowest BCUT2D eigenvalue weighted by atomic mass is 10.0. The number of anilines is 1. The van der Waals surface area contributed by atoms with Gasteiger partial charge >= 0.3 is 6.09 Å². The van der Waals surface area contributed by atoms with E-state index in [2.05, 4.69) is 0 Å². The van der Waals surface area contributed by atoms with E-state index in [0.29, 0.717) is 31.2 Å². The number of ether oxygens (including phenoxy) is 1. The Morgan fingerprint density at radius 1 is 1.00 bits per heavy atom. The molecule has 40 heavy (non-hydrogen) atoms. The molecule has 3 aliphatic rings. The van der Waals surface area contributed by atoms with Gasteiger partial charge in [0.05, 0.1) is 22.9 Å². The zero-order valence-corrected chi connectivity index (χ0v) is 24.8. The molecule has 10 nitrogen and oxygen atoms in total. The van der Waals surface area contributed by atoms with E-state index in [9.17, 15) is 22.8 Å². The molecule has 0 bridgehead atoms. The predicted molar refractivity (Wildman–Crippen MR) is 151 cm³/mol. The number of carbonyl (C=O) groups is 3. The molecule has 0 aliphatic carbocycles. The second-order valence-corrected chi connectivity index (χ2v) is 14.0. The Morgan fingerprint density at radius 2 is 1.68 bits per heavy atom. The van der Waals surface area contributed by atoms with E-state index in [4.69, 9.17) is 4.74 Å². The van der Waals surface area contributed by atoms with Gasteiger partial charge < -0.3 is 14.5 Å². The van der Waals surface area contributed by atoms with Gasteiger partial charge in [-0.1, -0.05) is 31.2 Å². The number of nitrogens with zero attached hydrogens (tertiary/aromatic N) is 4. The zero-order chi connectivity index (χ0) is 29.1. The van der Waals surface area contributed by atoms with Crippen molar-refractivity contribution in [3.8, 4) is 0 Å². The number of hydrogen-bond acceptors (Lipinski definition) is 7. The number of imide groups is 1. The van der Waals surface area contributed by atoms with E-state index in [1.165, 1.54) is 4.31 Å². The van der Waals surface area contributed by atoms with Crippen molar-refractivity contribution in [3.05, 3.63) is 36.4 Å². The number of amides is 3. The third-order valence-electron chi connectivity index (χ3n) is 8.18. The van der Waals surface area contributed by atoms with Gasteiger partial charge in [-0.2, -0.15) is 4.31 Å². The van der Waals surface area contributed by atoms with E-state index in [1.54, 1.807) is 50.8 Å². The highest BCUT2D eigenvalue weighted by Gasteiger charge is 2.57. The van der Waals surface area contributed by atoms with Crippen LogP contribution in [0.25, 0.3) is 10.8 Å². The Balaban J connectivity index is 1.43. The van der Waals surface area contributed by atoms with Crippen molar-refractivity contribution in [3.63, 3.8) is 0 Å². The molecule has 0 aromatic heterocycles. The first-order valence-corrected chi connectivity index (χ1v) is 15.3. The van der Waals surface area contributed by atoms with E-state index < -0.39 is 45.8 Å². The third kappa shape index (κ3) is 4.62. The summed E-state index contributed by atoms with van der Waals surface area (Å²) in [7, 11) is -0.187. The molecular formula is C29H38N4O6S. The van der Waals surface area contributed by atoms with Gasteiger partial charge in [-0.15, -0.1) is 0 Å². The van der Waals surface area contributed by atoms with Crippen molar-refractivity contribution in [2.75, 3.05) is 32.1 Å². The smallest absolute Gasteiger partial charge is 0.417 e. The minimum absolute atomic E-state index is 0.174. The average molecular weight is 571 g/mol. The van der Waals surface area contributed by atoms with Crippen LogP contribution in [-0.4, -0.2) is 91.3 Å². The number of carbonyl (C=O) groups excluding carboxylic acids is 3. The van der Waals surface area contributed by atoms with Crippen molar-refractivity contribution in [1.29, 1.82) is 0 Å². The largest absolute Gasteiger partial charge is 0.443 e. The lowest BCUT2D eigenvalue weighted by molar-refractivity contribution is -0.136. The molecule has 5 rings (SSSR count). The number of likely N-dealkylation sites (tertiary alicyclic amines) is 2. The molecule has 3 fully saturated rings. The van der Waals surface area contributed by atoms with Crippen LogP contribution in [0.3, 0.4) is 0 Å². The first-order valence-electron chi connectivity index (χ1n) is 13.8. The van der Waals surface area contributed by atoms with Crippen molar-refractivity contribution in [1.82, 2.24) is 14.1 Å². The van der Waals surface area contributed by atoms with Crippen molar-refractivity contribution in [2.24, 2.45) is 5.92 Å². The number of hydrogen-bond donors (Lipinski definition) is 0. The maximum Gasteiger partial charge on any atom is 0.417 e. The maximum atomic E-state index is 14.1. The molecule has 11 heteroatoms. The van der Waals surface area contributed by atoms with Gasteiger partial charge in [0.2, 0.25) is 21.8 Å². The summed E-state index contributed by atoms with van der Waals surface area (Å²) in [4.78, 5) is 44.9. The number of fused-ring (bicyclic) bond motifs is 2. The summed E-state index contributed by atoms with van der Waals surface area (Å²) in [5.74, 6) is -1.28. The van der Waals surface area contributed by atoms with Crippen molar-refractivity contribution < 1.29 is 27.5 Å². The summed E-state index contributed by atoms with van der Waals surface area (Å²) >= 11 is 0. The van der Waals surface area contributed by atoms with Crippen LogP contribution in [0.4, 0.5) is 10.5 Å². The van der Waals surface area contributed by atoms with Crippen LogP contribution in [0, 0.1) is 5.92 Å². The molecule has 0 saturated carbocycles. The highest BCUT2D eigenvalue weighted by molar-refractivity contribution is 7.89.